The van der Waals surface area contributed by atoms with Crippen molar-refractivity contribution in [2.45, 2.75) is 18.7 Å². The number of nitrogens with zero attached hydrogens (tertiary/aromatic N) is 1. The molecule has 2 atom stereocenters. The normalized spacial score (nSPS) is 18.9. The van der Waals surface area contributed by atoms with E-state index in [1.54, 1.807) is 0 Å². The second kappa shape index (κ2) is 5.55. The van der Waals surface area contributed by atoms with E-state index < -0.39 is 20.6 Å². The quantitative estimate of drug-likeness (QED) is 0.544. The molecule has 0 aliphatic rings. The van der Waals surface area contributed by atoms with E-state index in [9.17, 15) is 14.0 Å². The van der Waals surface area contributed by atoms with Gasteiger partial charge in [-0.2, -0.15) is 0 Å². The minimum absolute atomic E-state index is 0.380. The Morgan fingerprint density at radius 3 is 2.07 bits per heavy atom. The molecule has 0 fully saturated rings. The molecule has 2 unspecified atom stereocenters. The Kier molecular flexibility index (Phi) is 5.64. The predicted octanol–water partition coefficient (Wildman–Crippen LogP) is -0.622. The smallest absolute Gasteiger partial charge is 0.338 e. The van der Waals surface area contributed by atoms with Crippen molar-refractivity contribution < 1.29 is 28.7 Å². The maximum atomic E-state index is 10.9. The molecular weight excluding hydrogens is 244 g/mol. The lowest BCUT2D eigenvalue weighted by Gasteiger charge is -2.30. The van der Waals surface area contributed by atoms with Crippen molar-refractivity contribution >= 4 is 15.2 Å². The Labute approximate surface area is 88.4 Å². The molecule has 3 N–H and O–H groups in total. The van der Waals surface area contributed by atoms with E-state index in [1.165, 1.54) is 11.9 Å². The molecule has 0 aromatic rings. The second-order valence-corrected chi connectivity index (χ2v) is 7.36. The summed E-state index contributed by atoms with van der Waals surface area (Å²) in [7, 11) is -8.34. The number of hydrogen-bond acceptors (Lipinski definition) is 4. The van der Waals surface area contributed by atoms with Crippen molar-refractivity contribution in [3.63, 3.8) is 0 Å². The molecule has 0 radical (unpaired) electrons. The summed E-state index contributed by atoms with van der Waals surface area (Å²) in [6, 6.07) is 0. The summed E-state index contributed by atoms with van der Waals surface area (Å²) in [6.45, 7) is 1.96. The minimum atomic E-state index is -5.03. The van der Waals surface area contributed by atoms with Gasteiger partial charge in [-0.25, -0.2) is 0 Å². The third kappa shape index (κ3) is 5.78. The first kappa shape index (κ1) is 15.3. The highest BCUT2D eigenvalue weighted by atomic mass is 31.2. The molecular formula is C6H16NO6P2-. The molecule has 0 amide bonds. The molecule has 0 spiro atoms. The van der Waals surface area contributed by atoms with Gasteiger partial charge in [0, 0.05) is 6.54 Å². The first-order chi connectivity index (χ1) is 6.59. The van der Waals surface area contributed by atoms with Gasteiger partial charge in [0.05, 0.1) is 0 Å². The summed E-state index contributed by atoms with van der Waals surface area (Å²) < 4.78 is 21.6. The van der Waals surface area contributed by atoms with Crippen LogP contribution in [0.5, 0.6) is 0 Å². The maximum absolute atomic E-state index is 10.9. The van der Waals surface area contributed by atoms with Gasteiger partial charge in [-0.15, -0.1) is 0 Å². The Bertz CT molecular complexity index is 261. The van der Waals surface area contributed by atoms with E-state index in [0.717, 1.165) is 6.42 Å². The third-order valence-corrected chi connectivity index (χ3v) is 5.48. The Morgan fingerprint density at radius 2 is 1.80 bits per heavy atom. The van der Waals surface area contributed by atoms with Crippen LogP contribution in [0, 0.1) is 0 Å². The maximum Gasteiger partial charge on any atom is 0.338 e. The second-order valence-electron chi connectivity index (χ2n) is 3.40. The fourth-order valence-corrected chi connectivity index (χ4v) is 3.65. The molecule has 0 saturated carbocycles. The zero-order valence-electron chi connectivity index (χ0n) is 8.61. The van der Waals surface area contributed by atoms with Crippen LogP contribution in [0.15, 0.2) is 0 Å². The Hall–Kier alpha value is 0.260. The lowest BCUT2D eigenvalue weighted by atomic mass is 10.4. The van der Waals surface area contributed by atoms with Crippen molar-refractivity contribution in [2.75, 3.05) is 20.1 Å². The van der Waals surface area contributed by atoms with Gasteiger partial charge < -0.3 is 29.0 Å². The standard InChI is InChI=1S/C6H17NO6P2/c1-3-4-7(2)5-6(14(8,9)10)15(11,12)13/h6H,3-5H2,1-2H3,(H2,8,9,10)(H2,11,12,13)/p-1. The van der Waals surface area contributed by atoms with Gasteiger partial charge in [0.2, 0.25) is 0 Å². The van der Waals surface area contributed by atoms with Crippen LogP contribution in [0.25, 0.3) is 0 Å². The summed E-state index contributed by atoms with van der Waals surface area (Å²) in [5.41, 5.74) is 0. The number of hydrogen-bond donors (Lipinski definition) is 3. The Morgan fingerprint density at radius 1 is 1.33 bits per heavy atom. The van der Waals surface area contributed by atoms with Crippen molar-refractivity contribution in [3.8, 4) is 0 Å². The first-order valence-electron chi connectivity index (χ1n) is 4.36. The fourth-order valence-electron chi connectivity index (χ4n) is 1.15. The van der Waals surface area contributed by atoms with Crippen LogP contribution in [0.3, 0.4) is 0 Å². The molecule has 0 heterocycles. The van der Waals surface area contributed by atoms with Gasteiger partial charge in [-0.1, -0.05) is 6.92 Å². The molecule has 0 aromatic heterocycles. The zero-order chi connectivity index (χ0) is 12.3. The van der Waals surface area contributed by atoms with Crippen LogP contribution in [0.2, 0.25) is 0 Å². The summed E-state index contributed by atoms with van der Waals surface area (Å²) >= 11 is 0. The summed E-state index contributed by atoms with van der Waals surface area (Å²) in [5.74, 6) is 0. The largest absolute Gasteiger partial charge is 0.778 e. The average Bonchev–Trinajstić information content (AvgIpc) is 1.96. The summed E-state index contributed by atoms with van der Waals surface area (Å²) in [5, 5.41) is -2.04. The van der Waals surface area contributed by atoms with Crippen molar-refractivity contribution in [3.05, 3.63) is 0 Å². The van der Waals surface area contributed by atoms with Crippen LogP contribution in [-0.4, -0.2) is 45.1 Å². The van der Waals surface area contributed by atoms with E-state index >= 15 is 0 Å². The highest BCUT2D eigenvalue weighted by Gasteiger charge is 2.37. The molecule has 9 heteroatoms. The fraction of sp³-hybridized carbons (Fsp3) is 1.00. The molecule has 15 heavy (non-hydrogen) atoms. The van der Waals surface area contributed by atoms with E-state index in [1.807, 2.05) is 6.92 Å². The van der Waals surface area contributed by atoms with Crippen LogP contribution >= 0.6 is 15.2 Å². The molecule has 7 nitrogen and oxygen atoms in total. The van der Waals surface area contributed by atoms with Gasteiger partial charge in [0.15, 0.2) is 0 Å². The molecule has 0 rings (SSSR count). The van der Waals surface area contributed by atoms with Gasteiger partial charge in [0.1, 0.15) is 13.0 Å². The van der Waals surface area contributed by atoms with E-state index in [4.69, 9.17) is 14.7 Å². The predicted molar refractivity (Wildman–Crippen MR) is 53.4 cm³/mol. The van der Waals surface area contributed by atoms with Crippen LogP contribution in [0.1, 0.15) is 13.3 Å². The molecule has 0 bridgehead atoms. The van der Waals surface area contributed by atoms with Gasteiger partial charge in [-0.05, 0) is 20.0 Å². The van der Waals surface area contributed by atoms with Crippen LogP contribution in [0.4, 0.5) is 0 Å². The molecule has 0 aliphatic heterocycles. The molecule has 0 aromatic carbocycles. The minimum Gasteiger partial charge on any atom is -0.778 e. The topological polar surface area (TPSA) is 121 Å². The van der Waals surface area contributed by atoms with E-state index in [0.29, 0.717) is 6.54 Å². The van der Waals surface area contributed by atoms with E-state index in [2.05, 4.69) is 0 Å². The highest BCUT2D eigenvalue weighted by molar-refractivity contribution is 7.70. The monoisotopic (exact) mass is 260 g/mol. The average molecular weight is 260 g/mol. The summed E-state index contributed by atoms with van der Waals surface area (Å²) in [6.07, 6.45) is 0.721. The molecule has 0 saturated heterocycles. The Balaban J connectivity index is 4.70. The molecule has 0 aliphatic carbocycles. The van der Waals surface area contributed by atoms with Gasteiger partial charge >= 0.3 is 7.60 Å². The zero-order valence-corrected chi connectivity index (χ0v) is 10.4. The lowest BCUT2D eigenvalue weighted by Crippen LogP contribution is -2.32. The SMILES string of the molecule is CCCN(C)CC(P(=O)([O-])O)P(=O)(O)O. The van der Waals surface area contributed by atoms with Gasteiger partial charge in [-0.3, -0.25) is 4.57 Å². The highest BCUT2D eigenvalue weighted by Crippen LogP contribution is 2.57. The van der Waals surface area contributed by atoms with Crippen molar-refractivity contribution in [1.82, 2.24) is 4.90 Å². The van der Waals surface area contributed by atoms with Crippen molar-refractivity contribution in [2.24, 2.45) is 0 Å². The van der Waals surface area contributed by atoms with Crippen LogP contribution in [-0.2, 0) is 9.13 Å². The third-order valence-electron chi connectivity index (χ3n) is 1.85. The lowest BCUT2D eigenvalue weighted by molar-refractivity contribution is -0.194. The molecule has 92 valence electrons. The van der Waals surface area contributed by atoms with Crippen LogP contribution < -0.4 is 4.89 Å². The summed E-state index contributed by atoms with van der Waals surface area (Å²) in [4.78, 5) is 38.5. The van der Waals surface area contributed by atoms with Crippen molar-refractivity contribution in [1.29, 1.82) is 0 Å². The van der Waals surface area contributed by atoms with Gasteiger partial charge in [0.25, 0.3) is 0 Å². The van der Waals surface area contributed by atoms with E-state index in [-0.39, 0.29) is 6.54 Å². The number of rotatable bonds is 6. The first-order valence-corrected chi connectivity index (χ1v) is 7.69.